The minimum absolute atomic E-state index is 0.0262. The summed E-state index contributed by atoms with van der Waals surface area (Å²) < 4.78 is 1.71. The molecule has 0 bridgehead atoms. The largest absolute Gasteiger partial charge is 0.480 e. The fourth-order valence-electron chi connectivity index (χ4n) is 2.22. The lowest BCUT2D eigenvalue weighted by Crippen LogP contribution is -2.25. The second-order valence-electron chi connectivity index (χ2n) is 4.91. The highest BCUT2D eigenvalue weighted by Gasteiger charge is 2.27. The van der Waals surface area contributed by atoms with Gasteiger partial charge >= 0.3 is 5.97 Å². The molecule has 2 heterocycles. The second-order valence-corrected chi connectivity index (χ2v) is 4.91. The molecule has 18 heavy (non-hydrogen) atoms. The van der Waals surface area contributed by atoms with Crippen molar-refractivity contribution >= 4 is 17.1 Å². The van der Waals surface area contributed by atoms with Crippen molar-refractivity contribution in [3.63, 3.8) is 0 Å². The maximum Gasteiger partial charge on any atom is 0.327 e. The van der Waals surface area contributed by atoms with Crippen LogP contribution in [0.3, 0.4) is 0 Å². The number of rotatable bonds is 3. The van der Waals surface area contributed by atoms with Crippen LogP contribution in [0.1, 0.15) is 31.3 Å². The number of hydrogen-bond donors (Lipinski definition) is 1. The van der Waals surface area contributed by atoms with E-state index >= 15 is 0 Å². The third-order valence-corrected chi connectivity index (χ3v) is 3.01. The predicted molar refractivity (Wildman–Crippen MR) is 68.5 cm³/mol. The molecule has 5 heteroatoms. The summed E-state index contributed by atoms with van der Waals surface area (Å²) in [7, 11) is 0. The lowest BCUT2D eigenvalue weighted by atomic mass is 10.0. The number of pyridine rings is 1. The smallest absolute Gasteiger partial charge is 0.327 e. The van der Waals surface area contributed by atoms with E-state index in [9.17, 15) is 9.90 Å². The Morgan fingerprint density at radius 2 is 2.06 bits per heavy atom. The average molecular weight is 247 g/mol. The SMILES string of the molecule is Cc1cnc2c(c1)nc(C)n2C(C(=O)O)C(C)C. The van der Waals surface area contributed by atoms with Crippen LogP contribution in [0.5, 0.6) is 0 Å². The van der Waals surface area contributed by atoms with Gasteiger partial charge in [0.2, 0.25) is 0 Å². The van der Waals surface area contributed by atoms with Gasteiger partial charge in [0.15, 0.2) is 5.65 Å². The molecule has 2 rings (SSSR count). The molecule has 1 N–H and O–H groups in total. The molecule has 0 aromatic carbocycles. The van der Waals surface area contributed by atoms with Crippen LogP contribution in [0.15, 0.2) is 12.3 Å². The van der Waals surface area contributed by atoms with Crippen molar-refractivity contribution in [2.45, 2.75) is 33.7 Å². The van der Waals surface area contributed by atoms with E-state index in [0.717, 1.165) is 11.1 Å². The monoisotopic (exact) mass is 247 g/mol. The van der Waals surface area contributed by atoms with Crippen LogP contribution in [0.25, 0.3) is 11.2 Å². The van der Waals surface area contributed by atoms with Crippen molar-refractivity contribution in [2.24, 2.45) is 5.92 Å². The van der Waals surface area contributed by atoms with Crippen molar-refractivity contribution in [3.8, 4) is 0 Å². The summed E-state index contributed by atoms with van der Waals surface area (Å²) in [4.78, 5) is 20.1. The van der Waals surface area contributed by atoms with Crippen LogP contribution in [-0.4, -0.2) is 25.6 Å². The molecular weight excluding hydrogens is 230 g/mol. The van der Waals surface area contributed by atoms with E-state index in [1.54, 1.807) is 10.8 Å². The van der Waals surface area contributed by atoms with E-state index < -0.39 is 12.0 Å². The molecule has 0 fully saturated rings. The molecule has 0 saturated carbocycles. The van der Waals surface area contributed by atoms with Gasteiger partial charge in [0.1, 0.15) is 17.4 Å². The van der Waals surface area contributed by atoms with E-state index in [1.807, 2.05) is 33.8 Å². The fraction of sp³-hybridized carbons (Fsp3) is 0.462. The maximum atomic E-state index is 11.4. The second kappa shape index (κ2) is 4.40. The molecule has 0 saturated heterocycles. The highest BCUT2D eigenvalue weighted by atomic mass is 16.4. The average Bonchev–Trinajstić information content (AvgIpc) is 2.54. The molecule has 0 aliphatic carbocycles. The van der Waals surface area contributed by atoms with Gasteiger partial charge in [-0.1, -0.05) is 13.8 Å². The van der Waals surface area contributed by atoms with E-state index in [2.05, 4.69) is 9.97 Å². The summed E-state index contributed by atoms with van der Waals surface area (Å²) >= 11 is 0. The van der Waals surface area contributed by atoms with Crippen LogP contribution in [0.2, 0.25) is 0 Å². The summed E-state index contributed by atoms with van der Waals surface area (Å²) in [5.74, 6) is -0.194. The zero-order valence-electron chi connectivity index (χ0n) is 11.0. The summed E-state index contributed by atoms with van der Waals surface area (Å²) in [5, 5.41) is 9.38. The molecular formula is C13H17N3O2. The third kappa shape index (κ3) is 1.96. The minimum atomic E-state index is -0.852. The Balaban J connectivity index is 2.69. The number of hydrogen-bond acceptors (Lipinski definition) is 3. The normalized spacial score (nSPS) is 13.2. The maximum absolute atomic E-state index is 11.4. The van der Waals surface area contributed by atoms with Gasteiger partial charge in [0.25, 0.3) is 0 Å². The van der Waals surface area contributed by atoms with Gasteiger partial charge in [-0.15, -0.1) is 0 Å². The molecule has 2 aromatic rings. The minimum Gasteiger partial charge on any atom is -0.480 e. The first kappa shape index (κ1) is 12.5. The number of aliphatic carboxylic acids is 1. The number of aryl methyl sites for hydroxylation is 2. The number of carboxylic acid groups (broad SMARTS) is 1. The number of fused-ring (bicyclic) bond motifs is 1. The molecule has 5 nitrogen and oxygen atoms in total. The van der Waals surface area contributed by atoms with Gasteiger partial charge in [-0.2, -0.15) is 0 Å². The number of carbonyl (C=O) groups is 1. The third-order valence-electron chi connectivity index (χ3n) is 3.01. The van der Waals surface area contributed by atoms with Gasteiger partial charge in [-0.3, -0.25) is 4.57 Å². The predicted octanol–water partition coefficient (Wildman–Crippen LogP) is 2.33. The van der Waals surface area contributed by atoms with E-state index in [0.29, 0.717) is 11.5 Å². The Morgan fingerprint density at radius 3 is 2.61 bits per heavy atom. The first-order chi connectivity index (χ1) is 8.41. The molecule has 1 unspecified atom stereocenters. The van der Waals surface area contributed by atoms with Crippen LogP contribution in [-0.2, 0) is 4.79 Å². The number of carboxylic acids is 1. The van der Waals surface area contributed by atoms with E-state index in [4.69, 9.17) is 0 Å². The number of imidazole rings is 1. The van der Waals surface area contributed by atoms with Crippen LogP contribution in [0, 0.1) is 19.8 Å². The molecule has 2 aromatic heterocycles. The Morgan fingerprint density at radius 1 is 1.39 bits per heavy atom. The van der Waals surface area contributed by atoms with E-state index in [-0.39, 0.29) is 5.92 Å². The Labute approximate surface area is 105 Å². The fourth-order valence-corrected chi connectivity index (χ4v) is 2.22. The molecule has 96 valence electrons. The van der Waals surface area contributed by atoms with Crippen molar-refractivity contribution in [2.75, 3.05) is 0 Å². The zero-order chi connectivity index (χ0) is 13.4. The van der Waals surface area contributed by atoms with Gasteiger partial charge in [-0.25, -0.2) is 14.8 Å². The molecule has 0 spiro atoms. The lowest BCUT2D eigenvalue weighted by Gasteiger charge is -2.19. The standard InChI is InChI=1S/C13H17N3O2/c1-7(2)11(13(17)18)16-9(4)15-10-5-8(3)6-14-12(10)16/h5-7,11H,1-4H3,(H,17,18). The van der Waals surface area contributed by atoms with E-state index in [1.165, 1.54) is 0 Å². The van der Waals surface area contributed by atoms with Gasteiger partial charge in [0.05, 0.1) is 0 Å². The number of nitrogens with zero attached hydrogens (tertiary/aromatic N) is 3. The van der Waals surface area contributed by atoms with Crippen molar-refractivity contribution in [3.05, 3.63) is 23.7 Å². The quantitative estimate of drug-likeness (QED) is 0.903. The molecule has 0 radical (unpaired) electrons. The molecule has 0 aliphatic heterocycles. The first-order valence-electron chi connectivity index (χ1n) is 5.95. The van der Waals surface area contributed by atoms with Crippen LogP contribution < -0.4 is 0 Å². The molecule has 0 amide bonds. The number of aromatic nitrogens is 3. The first-order valence-corrected chi connectivity index (χ1v) is 5.95. The van der Waals surface area contributed by atoms with Gasteiger partial charge in [-0.05, 0) is 31.4 Å². The molecule has 1 atom stereocenters. The Bertz CT molecular complexity index is 602. The highest BCUT2D eigenvalue weighted by Crippen LogP contribution is 2.25. The summed E-state index contributed by atoms with van der Waals surface area (Å²) in [6.07, 6.45) is 1.74. The topological polar surface area (TPSA) is 68.0 Å². The van der Waals surface area contributed by atoms with Crippen molar-refractivity contribution in [1.29, 1.82) is 0 Å². The van der Waals surface area contributed by atoms with Gasteiger partial charge in [0, 0.05) is 6.20 Å². The van der Waals surface area contributed by atoms with Crippen LogP contribution >= 0.6 is 0 Å². The van der Waals surface area contributed by atoms with Gasteiger partial charge < -0.3 is 5.11 Å². The lowest BCUT2D eigenvalue weighted by molar-refractivity contribution is -0.142. The summed E-state index contributed by atoms with van der Waals surface area (Å²) in [5.41, 5.74) is 2.40. The Hall–Kier alpha value is -1.91. The van der Waals surface area contributed by atoms with Crippen molar-refractivity contribution in [1.82, 2.24) is 14.5 Å². The zero-order valence-corrected chi connectivity index (χ0v) is 11.0. The summed E-state index contributed by atoms with van der Waals surface area (Å²) in [6, 6.07) is 1.29. The molecule has 0 aliphatic rings. The highest BCUT2D eigenvalue weighted by molar-refractivity contribution is 5.78. The summed E-state index contributed by atoms with van der Waals surface area (Å²) in [6.45, 7) is 7.53. The van der Waals surface area contributed by atoms with Crippen LogP contribution in [0.4, 0.5) is 0 Å². The van der Waals surface area contributed by atoms with Crippen molar-refractivity contribution < 1.29 is 9.90 Å². The Kier molecular flexibility index (Phi) is 3.07.